The van der Waals surface area contributed by atoms with Gasteiger partial charge in [0.15, 0.2) is 0 Å². The van der Waals surface area contributed by atoms with Gasteiger partial charge in [0.1, 0.15) is 5.75 Å². The maximum absolute atomic E-state index is 9.53. The number of phenolic OH excluding ortho intramolecular Hbond substituents is 1. The maximum atomic E-state index is 9.53. The zero-order valence-corrected chi connectivity index (χ0v) is 9.41. The molecule has 0 aliphatic carbocycles. The second-order valence-electron chi connectivity index (χ2n) is 3.79. The minimum absolute atomic E-state index is 0.425. The molecule has 84 valence electrons. The van der Waals surface area contributed by atoms with Crippen LogP contribution in [0, 0.1) is 0 Å². The number of phenols is 1. The highest BCUT2D eigenvalue weighted by atomic mass is 16.5. The molecular formula is C13H20O2. The van der Waals surface area contributed by atoms with Crippen molar-refractivity contribution in [3.8, 4) is 5.75 Å². The standard InChI is InChI=1S/C13H20O2/c1-15-11-7-3-2-4-8-12-9-5-6-10-13(12)14/h5-6,9-10,14H,2-4,7-8,11H2,1H3. The molecule has 1 N–H and O–H groups in total. The van der Waals surface area contributed by atoms with Gasteiger partial charge in [-0.3, -0.25) is 0 Å². The zero-order valence-electron chi connectivity index (χ0n) is 9.41. The molecule has 0 saturated heterocycles. The molecule has 0 saturated carbocycles. The molecule has 2 heteroatoms. The Morgan fingerprint density at radius 2 is 1.80 bits per heavy atom. The number of hydrogen-bond donors (Lipinski definition) is 1. The van der Waals surface area contributed by atoms with Crippen molar-refractivity contribution < 1.29 is 9.84 Å². The van der Waals surface area contributed by atoms with Gasteiger partial charge in [-0.15, -0.1) is 0 Å². The summed E-state index contributed by atoms with van der Waals surface area (Å²) in [4.78, 5) is 0. The molecule has 0 fully saturated rings. The normalized spacial score (nSPS) is 10.5. The Morgan fingerprint density at radius 1 is 1.07 bits per heavy atom. The van der Waals surface area contributed by atoms with E-state index in [-0.39, 0.29) is 0 Å². The molecule has 1 aromatic rings. The number of rotatable bonds is 7. The lowest BCUT2D eigenvalue weighted by atomic mass is 10.1. The maximum Gasteiger partial charge on any atom is 0.118 e. The average molecular weight is 208 g/mol. The van der Waals surface area contributed by atoms with Crippen LogP contribution in [0.1, 0.15) is 31.2 Å². The largest absolute Gasteiger partial charge is 0.508 e. The van der Waals surface area contributed by atoms with Crippen LogP contribution in [-0.4, -0.2) is 18.8 Å². The Hall–Kier alpha value is -1.02. The van der Waals surface area contributed by atoms with Crippen LogP contribution in [0.3, 0.4) is 0 Å². The third-order valence-corrected chi connectivity index (χ3v) is 2.54. The van der Waals surface area contributed by atoms with Crippen molar-refractivity contribution >= 4 is 0 Å². The highest BCUT2D eigenvalue weighted by Gasteiger charge is 1.98. The van der Waals surface area contributed by atoms with Gasteiger partial charge < -0.3 is 9.84 Å². The molecule has 0 unspecified atom stereocenters. The van der Waals surface area contributed by atoms with Gasteiger partial charge in [0.05, 0.1) is 0 Å². The van der Waals surface area contributed by atoms with E-state index in [4.69, 9.17) is 4.74 Å². The van der Waals surface area contributed by atoms with Gasteiger partial charge in [0.25, 0.3) is 0 Å². The van der Waals surface area contributed by atoms with Crippen LogP contribution in [0.15, 0.2) is 24.3 Å². The molecule has 0 aliphatic rings. The van der Waals surface area contributed by atoms with Crippen molar-refractivity contribution in [2.45, 2.75) is 32.1 Å². The van der Waals surface area contributed by atoms with Crippen molar-refractivity contribution in [3.63, 3.8) is 0 Å². The summed E-state index contributed by atoms with van der Waals surface area (Å²) in [5.74, 6) is 0.425. The van der Waals surface area contributed by atoms with Gasteiger partial charge in [-0.25, -0.2) is 0 Å². The summed E-state index contributed by atoms with van der Waals surface area (Å²) in [6.45, 7) is 0.858. The molecule has 0 amide bonds. The molecule has 0 aromatic heterocycles. The van der Waals surface area contributed by atoms with Crippen LogP contribution in [0.4, 0.5) is 0 Å². The van der Waals surface area contributed by atoms with Crippen molar-refractivity contribution in [1.82, 2.24) is 0 Å². The van der Waals surface area contributed by atoms with Gasteiger partial charge in [-0.2, -0.15) is 0 Å². The predicted octanol–water partition coefficient (Wildman–Crippen LogP) is 3.14. The Morgan fingerprint density at radius 3 is 2.53 bits per heavy atom. The molecule has 0 aliphatic heterocycles. The van der Waals surface area contributed by atoms with Crippen molar-refractivity contribution in [1.29, 1.82) is 0 Å². The first kappa shape index (κ1) is 12.1. The molecule has 0 spiro atoms. The number of aryl methyl sites for hydroxylation is 1. The molecule has 1 rings (SSSR count). The second kappa shape index (κ2) is 7.30. The lowest BCUT2D eigenvalue weighted by Crippen LogP contribution is -1.90. The van der Waals surface area contributed by atoms with Gasteiger partial charge in [-0.05, 0) is 30.9 Å². The number of aromatic hydroxyl groups is 1. The van der Waals surface area contributed by atoms with Crippen LogP contribution < -0.4 is 0 Å². The van der Waals surface area contributed by atoms with Crippen LogP contribution in [0.25, 0.3) is 0 Å². The number of methoxy groups -OCH3 is 1. The molecule has 0 atom stereocenters. The summed E-state index contributed by atoms with van der Waals surface area (Å²) in [5.41, 5.74) is 1.06. The van der Waals surface area contributed by atoms with E-state index in [1.807, 2.05) is 18.2 Å². The summed E-state index contributed by atoms with van der Waals surface area (Å²) in [5, 5.41) is 9.53. The lowest BCUT2D eigenvalue weighted by Gasteiger charge is -2.04. The molecule has 2 nitrogen and oxygen atoms in total. The number of benzene rings is 1. The fourth-order valence-corrected chi connectivity index (χ4v) is 1.64. The van der Waals surface area contributed by atoms with E-state index < -0.39 is 0 Å². The zero-order chi connectivity index (χ0) is 10.9. The molecular weight excluding hydrogens is 188 g/mol. The summed E-state index contributed by atoms with van der Waals surface area (Å²) < 4.78 is 4.99. The summed E-state index contributed by atoms with van der Waals surface area (Å²) in [6.07, 6.45) is 5.66. The fourth-order valence-electron chi connectivity index (χ4n) is 1.64. The van der Waals surface area contributed by atoms with Crippen molar-refractivity contribution in [3.05, 3.63) is 29.8 Å². The van der Waals surface area contributed by atoms with Crippen LogP contribution in [-0.2, 0) is 11.2 Å². The molecule has 0 bridgehead atoms. The number of para-hydroxylation sites is 1. The number of hydrogen-bond acceptors (Lipinski definition) is 2. The highest BCUT2D eigenvalue weighted by Crippen LogP contribution is 2.18. The van der Waals surface area contributed by atoms with Crippen LogP contribution in [0.5, 0.6) is 5.75 Å². The predicted molar refractivity (Wildman–Crippen MR) is 62.2 cm³/mol. The van der Waals surface area contributed by atoms with Gasteiger partial charge in [-0.1, -0.05) is 31.0 Å². The molecule has 1 aromatic carbocycles. The van der Waals surface area contributed by atoms with Gasteiger partial charge >= 0.3 is 0 Å². The molecule has 15 heavy (non-hydrogen) atoms. The van der Waals surface area contributed by atoms with Crippen LogP contribution >= 0.6 is 0 Å². The average Bonchev–Trinajstić information content (AvgIpc) is 2.25. The third-order valence-electron chi connectivity index (χ3n) is 2.54. The van der Waals surface area contributed by atoms with Crippen LogP contribution in [0.2, 0.25) is 0 Å². The van der Waals surface area contributed by atoms with E-state index in [0.717, 1.165) is 31.4 Å². The van der Waals surface area contributed by atoms with E-state index >= 15 is 0 Å². The van der Waals surface area contributed by atoms with E-state index in [9.17, 15) is 5.11 Å². The van der Waals surface area contributed by atoms with Gasteiger partial charge in [0.2, 0.25) is 0 Å². The first-order valence-corrected chi connectivity index (χ1v) is 5.60. The fraction of sp³-hybridized carbons (Fsp3) is 0.538. The monoisotopic (exact) mass is 208 g/mol. The lowest BCUT2D eigenvalue weighted by molar-refractivity contribution is 0.192. The van der Waals surface area contributed by atoms with Gasteiger partial charge in [0, 0.05) is 13.7 Å². The van der Waals surface area contributed by atoms with Crippen molar-refractivity contribution in [2.24, 2.45) is 0 Å². The third kappa shape index (κ3) is 4.84. The Labute approximate surface area is 91.9 Å². The van der Waals surface area contributed by atoms with E-state index in [1.54, 1.807) is 13.2 Å². The Balaban J connectivity index is 2.12. The quantitative estimate of drug-likeness (QED) is 0.697. The molecule has 0 heterocycles. The van der Waals surface area contributed by atoms with E-state index in [2.05, 4.69) is 0 Å². The van der Waals surface area contributed by atoms with E-state index in [0.29, 0.717) is 5.75 Å². The first-order chi connectivity index (χ1) is 7.34. The Bertz CT molecular complexity index is 271. The summed E-state index contributed by atoms with van der Waals surface area (Å²) in [6, 6.07) is 7.57. The van der Waals surface area contributed by atoms with Crippen molar-refractivity contribution in [2.75, 3.05) is 13.7 Å². The Kier molecular flexibility index (Phi) is 5.86. The number of ether oxygens (including phenoxy) is 1. The summed E-state index contributed by atoms with van der Waals surface area (Å²) in [7, 11) is 1.74. The number of unbranched alkanes of at least 4 members (excludes halogenated alkanes) is 3. The first-order valence-electron chi connectivity index (χ1n) is 5.60. The summed E-state index contributed by atoms with van der Waals surface area (Å²) >= 11 is 0. The smallest absolute Gasteiger partial charge is 0.118 e. The minimum atomic E-state index is 0.425. The SMILES string of the molecule is COCCCCCCc1ccccc1O. The second-order valence-corrected chi connectivity index (χ2v) is 3.79. The minimum Gasteiger partial charge on any atom is -0.508 e. The topological polar surface area (TPSA) is 29.5 Å². The molecule has 0 radical (unpaired) electrons. The van der Waals surface area contributed by atoms with E-state index in [1.165, 1.54) is 12.8 Å². The highest BCUT2D eigenvalue weighted by molar-refractivity contribution is 5.31.